The summed E-state index contributed by atoms with van der Waals surface area (Å²) in [7, 11) is 0. The molecular formula is C19H23Cl2FN4O. The van der Waals surface area contributed by atoms with Crippen molar-refractivity contribution >= 4 is 47.4 Å². The van der Waals surface area contributed by atoms with E-state index in [9.17, 15) is 9.18 Å². The van der Waals surface area contributed by atoms with Crippen molar-refractivity contribution in [2.45, 2.75) is 26.8 Å². The molecular weight excluding hydrogens is 390 g/mol. The number of rotatable bonds is 4. The molecule has 5 nitrogen and oxygen atoms in total. The summed E-state index contributed by atoms with van der Waals surface area (Å²) in [6.07, 6.45) is 0. The van der Waals surface area contributed by atoms with Crippen LogP contribution < -0.4 is 11.1 Å². The molecule has 2 aromatic carbocycles. The summed E-state index contributed by atoms with van der Waals surface area (Å²) in [4.78, 5) is 16.2. The fraction of sp³-hybridized carbons (Fsp3) is 0.263. The number of carbonyl (C=O) groups excluding carboxylic acids is 1. The van der Waals surface area contributed by atoms with Gasteiger partial charge < -0.3 is 15.6 Å². The van der Waals surface area contributed by atoms with E-state index >= 15 is 0 Å². The van der Waals surface area contributed by atoms with E-state index in [0.29, 0.717) is 0 Å². The van der Waals surface area contributed by atoms with Gasteiger partial charge in [-0.25, -0.2) is 9.37 Å². The second-order valence-electron chi connectivity index (χ2n) is 6.31. The predicted octanol–water partition coefficient (Wildman–Crippen LogP) is 4.47. The first-order chi connectivity index (χ1) is 11.9. The van der Waals surface area contributed by atoms with Crippen molar-refractivity contribution in [1.29, 1.82) is 0 Å². The number of imidazole rings is 1. The van der Waals surface area contributed by atoms with E-state index in [4.69, 9.17) is 5.73 Å². The largest absolute Gasteiger partial charge is 0.325 e. The van der Waals surface area contributed by atoms with Crippen molar-refractivity contribution < 1.29 is 9.18 Å². The third-order valence-corrected chi connectivity index (χ3v) is 4.11. The zero-order chi connectivity index (χ0) is 18.1. The minimum Gasteiger partial charge on any atom is -0.325 e. The first-order valence-corrected chi connectivity index (χ1v) is 8.19. The second kappa shape index (κ2) is 9.17. The fourth-order valence-electron chi connectivity index (χ4n) is 2.94. The zero-order valence-corrected chi connectivity index (χ0v) is 17.0. The third-order valence-electron chi connectivity index (χ3n) is 4.11. The average Bonchev–Trinajstić information content (AvgIpc) is 2.95. The van der Waals surface area contributed by atoms with E-state index in [1.807, 2.05) is 43.5 Å². The highest BCUT2D eigenvalue weighted by atomic mass is 35.5. The monoisotopic (exact) mass is 412 g/mol. The van der Waals surface area contributed by atoms with E-state index in [2.05, 4.69) is 10.3 Å². The molecule has 0 spiro atoms. The van der Waals surface area contributed by atoms with Crippen LogP contribution in [0.3, 0.4) is 0 Å². The van der Waals surface area contributed by atoms with Crippen LogP contribution in [0.1, 0.15) is 25.5 Å². The van der Waals surface area contributed by atoms with Gasteiger partial charge in [-0.1, -0.05) is 0 Å². The Morgan fingerprint density at radius 2 is 1.93 bits per heavy atom. The number of carbonyl (C=O) groups is 1. The van der Waals surface area contributed by atoms with Gasteiger partial charge in [0.05, 0.1) is 17.6 Å². The molecule has 3 rings (SSSR count). The van der Waals surface area contributed by atoms with Crippen LogP contribution in [0, 0.1) is 12.7 Å². The number of nitrogens with two attached hydrogens (primary N) is 1. The van der Waals surface area contributed by atoms with Crippen molar-refractivity contribution in [2.75, 3.05) is 11.9 Å². The molecule has 1 heterocycles. The lowest BCUT2D eigenvalue weighted by molar-refractivity contribution is -0.114. The molecule has 3 aromatic rings. The molecule has 0 unspecified atom stereocenters. The van der Waals surface area contributed by atoms with Crippen LogP contribution in [0.15, 0.2) is 36.4 Å². The summed E-state index contributed by atoms with van der Waals surface area (Å²) in [6, 6.07) is 10.4. The van der Waals surface area contributed by atoms with E-state index in [0.717, 1.165) is 33.7 Å². The molecule has 0 fully saturated rings. The second-order valence-corrected chi connectivity index (χ2v) is 6.31. The number of nitrogens with one attached hydrogen (secondary N) is 1. The fourth-order valence-corrected chi connectivity index (χ4v) is 2.94. The minimum absolute atomic E-state index is 0. The molecule has 0 aliphatic heterocycles. The average molecular weight is 413 g/mol. The van der Waals surface area contributed by atoms with Crippen LogP contribution in [-0.4, -0.2) is 22.0 Å². The van der Waals surface area contributed by atoms with Gasteiger partial charge in [-0.15, -0.1) is 24.8 Å². The van der Waals surface area contributed by atoms with Crippen molar-refractivity contribution in [3.8, 4) is 11.4 Å². The number of hydrogen-bond acceptors (Lipinski definition) is 3. The molecule has 0 aliphatic carbocycles. The number of nitrogens with zero attached hydrogens (tertiary/aromatic N) is 2. The number of halogens is 3. The van der Waals surface area contributed by atoms with Gasteiger partial charge in [0.15, 0.2) is 0 Å². The number of benzene rings is 2. The van der Waals surface area contributed by atoms with Crippen LogP contribution in [-0.2, 0) is 4.79 Å². The highest BCUT2D eigenvalue weighted by Gasteiger charge is 2.16. The van der Waals surface area contributed by atoms with E-state index in [1.165, 1.54) is 12.1 Å². The van der Waals surface area contributed by atoms with Crippen molar-refractivity contribution in [3.63, 3.8) is 0 Å². The number of anilines is 1. The Morgan fingerprint density at radius 3 is 2.52 bits per heavy atom. The molecule has 27 heavy (non-hydrogen) atoms. The van der Waals surface area contributed by atoms with Crippen LogP contribution in [0.4, 0.5) is 10.1 Å². The first kappa shape index (κ1) is 22.9. The highest BCUT2D eigenvalue weighted by Crippen LogP contribution is 2.30. The molecule has 0 saturated heterocycles. The molecule has 0 atom stereocenters. The van der Waals surface area contributed by atoms with Crippen LogP contribution >= 0.6 is 24.8 Å². The van der Waals surface area contributed by atoms with E-state index in [1.54, 1.807) is 6.07 Å². The number of hydrogen-bond donors (Lipinski definition) is 2. The lowest BCUT2D eigenvalue weighted by Crippen LogP contribution is -2.22. The maximum atomic E-state index is 13.7. The van der Waals surface area contributed by atoms with Crippen molar-refractivity contribution in [3.05, 3.63) is 47.8 Å². The quantitative estimate of drug-likeness (QED) is 0.663. The van der Waals surface area contributed by atoms with E-state index in [-0.39, 0.29) is 49.1 Å². The minimum atomic E-state index is -0.281. The Bertz CT molecular complexity index is 956. The Balaban J connectivity index is 0.00000182. The lowest BCUT2D eigenvalue weighted by Gasteiger charge is -2.14. The number of aryl methyl sites for hydroxylation is 1. The summed E-state index contributed by atoms with van der Waals surface area (Å²) >= 11 is 0. The number of fused-ring (bicyclic) bond motifs is 1. The van der Waals surface area contributed by atoms with Gasteiger partial charge in [-0.3, -0.25) is 4.79 Å². The molecule has 1 amide bonds. The summed E-state index contributed by atoms with van der Waals surface area (Å²) in [6.45, 7) is 5.93. The van der Waals surface area contributed by atoms with Gasteiger partial charge in [0.2, 0.25) is 5.91 Å². The zero-order valence-electron chi connectivity index (χ0n) is 15.3. The Hall–Kier alpha value is -2.15. The SMILES string of the molecule is Cc1cc(-c2nc3ccc(F)cc3n2C(C)C)ccc1NC(=O)CN.Cl.Cl. The Labute approximate surface area is 170 Å². The molecule has 1 aromatic heterocycles. The highest BCUT2D eigenvalue weighted by molar-refractivity contribution is 5.93. The third kappa shape index (κ3) is 4.58. The molecule has 0 saturated carbocycles. The summed E-state index contributed by atoms with van der Waals surface area (Å²) in [5.41, 5.74) is 9.40. The van der Waals surface area contributed by atoms with Crippen LogP contribution in [0.25, 0.3) is 22.4 Å². The van der Waals surface area contributed by atoms with Gasteiger partial charge in [-0.05, 0) is 62.7 Å². The number of aromatic nitrogens is 2. The van der Waals surface area contributed by atoms with Gasteiger partial charge in [0, 0.05) is 17.3 Å². The smallest absolute Gasteiger partial charge is 0.238 e. The summed E-state index contributed by atoms with van der Waals surface area (Å²) < 4.78 is 15.7. The van der Waals surface area contributed by atoms with Gasteiger partial charge >= 0.3 is 0 Å². The van der Waals surface area contributed by atoms with E-state index < -0.39 is 0 Å². The topological polar surface area (TPSA) is 72.9 Å². The molecule has 0 bridgehead atoms. The molecule has 0 aliphatic rings. The van der Waals surface area contributed by atoms with Crippen LogP contribution in [0.2, 0.25) is 0 Å². The molecule has 8 heteroatoms. The van der Waals surface area contributed by atoms with Crippen LogP contribution in [0.5, 0.6) is 0 Å². The Morgan fingerprint density at radius 1 is 1.22 bits per heavy atom. The van der Waals surface area contributed by atoms with Crippen molar-refractivity contribution in [2.24, 2.45) is 5.73 Å². The van der Waals surface area contributed by atoms with Gasteiger partial charge in [0.25, 0.3) is 0 Å². The Kier molecular flexibility index (Phi) is 7.77. The first-order valence-electron chi connectivity index (χ1n) is 8.19. The standard InChI is InChI=1S/C19H21FN4O.2ClH/c1-11(2)24-17-9-14(20)5-7-16(17)23-19(24)13-4-6-15(12(3)8-13)22-18(25)10-21;;/h4-9,11H,10,21H2,1-3H3,(H,22,25);2*1H. The molecule has 3 N–H and O–H groups in total. The maximum absolute atomic E-state index is 13.7. The predicted molar refractivity (Wildman–Crippen MR) is 112 cm³/mol. The van der Waals surface area contributed by atoms with Gasteiger partial charge in [-0.2, -0.15) is 0 Å². The molecule has 0 radical (unpaired) electrons. The summed E-state index contributed by atoms with van der Waals surface area (Å²) in [5, 5.41) is 2.77. The lowest BCUT2D eigenvalue weighted by atomic mass is 10.1. The summed E-state index contributed by atoms with van der Waals surface area (Å²) in [5.74, 6) is 0.257. The normalized spacial score (nSPS) is 10.4. The maximum Gasteiger partial charge on any atom is 0.238 e. The van der Waals surface area contributed by atoms with Crippen molar-refractivity contribution in [1.82, 2.24) is 9.55 Å². The van der Waals surface area contributed by atoms with Gasteiger partial charge in [0.1, 0.15) is 11.6 Å². The molecule has 146 valence electrons. The number of amides is 1.